The molecule has 0 aromatic heterocycles. The zero-order valence-electron chi connectivity index (χ0n) is 10.1. The minimum Gasteiger partial charge on any atom is -0.348 e. The molecule has 0 radical (unpaired) electrons. The van der Waals surface area contributed by atoms with Crippen molar-refractivity contribution in [3.05, 3.63) is 35.4 Å². The Balaban J connectivity index is 2.76. The molecule has 1 amide bonds. The summed E-state index contributed by atoms with van der Waals surface area (Å²) < 4.78 is 26.1. The van der Waals surface area contributed by atoms with E-state index in [4.69, 9.17) is 0 Å². The Hall–Kier alpha value is -1.49. The van der Waals surface area contributed by atoms with Crippen LogP contribution in [0.1, 0.15) is 25.5 Å². The van der Waals surface area contributed by atoms with Gasteiger partial charge in [0.2, 0.25) is 5.91 Å². The maximum Gasteiger partial charge on any atom is 0.237 e. The first-order valence-electron chi connectivity index (χ1n) is 5.38. The third kappa shape index (κ3) is 3.49. The van der Waals surface area contributed by atoms with Gasteiger partial charge in [0, 0.05) is 11.6 Å². The maximum absolute atomic E-state index is 13.4. The van der Waals surface area contributed by atoms with Gasteiger partial charge in [0.25, 0.3) is 0 Å². The molecule has 2 N–H and O–H groups in total. The lowest BCUT2D eigenvalue weighted by molar-refractivity contribution is -0.123. The molecule has 0 bridgehead atoms. The van der Waals surface area contributed by atoms with E-state index < -0.39 is 17.7 Å². The molecule has 0 saturated carbocycles. The molecule has 17 heavy (non-hydrogen) atoms. The second kappa shape index (κ2) is 5.72. The summed E-state index contributed by atoms with van der Waals surface area (Å²) in [7, 11) is 1.66. The van der Waals surface area contributed by atoms with Crippen molar-refractivity contribution in [2.75, 3.05) is 7.05 Å². The van der Waals surface area contributed by atoms with Crippen LogP contribution in [0.3, 0.4) is 0 Å². The highest BCUT2D eigenvalue weighted by Gasteiger charge is 2.17. The Kier molecular flexibility index (Phi) is 4.57. The maximum atomic E-state index is 13.4. The first kappa shape index (κ1) is 13.6. The number of hydrogen-bond acceptors (Lipinski definition) is 2. The van der Waals surface area contributed by atoms with Gasteiger partial charge >= 0.3 is 0 Å². The Labute approximate surface area is 99.2 Å². The summed E-state index contributed by atoms with van der Waals surface area (Å²) in [6, 6.07) is 2.45. The predicted molar refractivity (Wildman–Crippen MR) is 61.4 cm³/mol. The van der Waals surface area contributed by atoms with Crippen molar-refractivity contribution in [3.63, 3.8) is 0 Å². The van der Waals surface area contributed by atoms with Gasteiger partial charge in [0.15, 0.2) is 0 Å². The Morgan fingerprint density at radius 2 is 1.94 bits per heavy atom. The molecule has 0 fully saturated rings. The molecule has 0 aliphatic heterocycles. The van der Waals surface area contributed by atoms with Crippen LogP contribution >= 0.6 is 0 Å². The average molecular weight is 242 g/mol. The summed E-state index contributed by atoms with van der Waals surface area (Å²) >= 11 is 0. The lowest BCUT2D eigenvalue weighted by atomic mass is 10.1. The summed E-state index contributed by atoms with van der Waals surface area (Å²) in [6.45, 7) is 3.35. The first-order chi connectivity index (χ1) is 7.95. The topological polar surface area (TPSA) is 41.1 Å². The van der Waals surface area contributed by atoms with Crippen LogP contribution in [0.15, 0.2) is 18.2 Å². The highest BCUT2D eigenvalue weighted by atomic mass is 19.1. The Morgan fingerprint density at radius 1 is 1.29 bits per heavy atom. The van der Waals surface area contributed by atoms with Gasteiger partial charge < -0.3 is 10.6 Å². The molecule has 1 aromatic rings. The molecule has 0 aliphatic rings. The average Bonchev–Trinajstić information content (AvgIpc) is 2.27. The van der Waals surface area contributed by atoms with Gasteiger partial charge in [0.05, 0.1) is 12.1 Å². The van der Waals surface area contributed by atoms with Gasteiger partial charge in [-0.1, -0.05) is 6.07 Å². The van der Waals surface area contributed by atoms with Crippen LogP contribution < -0.4 is 10.6 Å². The number of hydrogen-bond donors (Lipinski definition) is 2. The van der Waals surface area contributed by atoms with Crippen molar-refractivity contribution in [1.82, 2.24) is 10.6 Å². The smallest absolute Gasteiger partial charge is 0.237 e. The van der Waals surface area contributed by atoms with Gasteiger partial charge in [-0.3, -0.25) is 4.79 Å². The van der Waals surface area contributed by atoms with E-state index in [1.165, 1.54) is 12.1 Å². The van der Waals surface area contributed by atoms with Crippen LogP contribution in [-0.4, -0.2) is 19.0 Å². The van der Waals surface area contributed by atoms with Crippen molar-refractivity contribution in [2.45, 2.75) is 25.9 Å². The van der Waals surface area contributed by atoms with Gasteiger partial charge in [-0.15, -0.1) is 0 Å². The van der Waals surface area contributed by atoms with Gasteiger partial charge in [0.1, 0.15) is 11.6 Å². The van der Waals surface area contributed by atoms with E-state index in [2.05, 4.69) is 10.6 Å². The second-order valence-electron chi connectivity index (χ2n) is 3.91. The predicted octanol–water partition coefficient (Wildman–Crippen LogP) is 1.75. The van der Waals surface area contributed by atoms with Crippen LogP contribution in [0.4, 0.5) is 8.78 Å². The van der Waals surface area contributed by atoms with E-state index in [-0.39, 0.29) is 17.5 Å². The number of carbonyl (C=O) groups excluding carboxylic acids is 1. The molecule has 2 unspecified atom stereocenters. The molecule has 94 valence electrons. The summed E-state index contributed by atoms with van der Waals surface area (Å²) in [4.78, 5) is 11.6. The van der Waals surface area contributed by atoms with Crippen LogP contribution in [0.2, 0.25) is 0 Å². The monoisotopic (exact) mass is 242 g/mol. The molecular formula is C12H16F2N2O. The largest absolute Gasteiger partial charge is 0.348 e. The van der Waals surface area contributed by atoms with Gasteiger partial charge in [-0.05, 0) is 27.0 Å². The number of nitrogens with one attached hydrogen (secondary N) is 2. The van der Waals surface area contributed by atoms with E-state index in [0.29, 0.717) is 0 Å². The Bertz CT molecular complexity index is 409. The summed E-state index contributed by atoms with van der Waals surface area (Å²) in [5.41, 5.74) is 0.267. The highest BCUT2D eigenvalue weighted by Crippen LogP contribution is 2.17. The van der Waals surface area contributed by atoms with Crippen LogP contribution in [0.5, 0.6) is 0 Å². The van der Waals surface area contributed by atoms with Gasteiger partial charge in [-0.2, -0.15) is 0 Å². The number of rotatable bonds is 4. The normalized spacial score (nSPS) is 14.2. The minimum absolute atomic E-state index is 0.233. The number of carbonyl (C=O) groups is 1. The molecular weight excluding hydrogens is 226 g/mol. The molecule has 2 atom stereocenters. The zero-order valence-corrected chi connectivity index (χ0v) is 10.1. The zero-order chi connectivity index (χ0) is 13.0. The quantitative estimate of drug-likeness (QED) is 0.844. The number of likely N-dealkylation sites (N-methyl/N-ethyl adjacent to an activating group) is 1. The molecule has 0 saturated heterocycles. The highest BCUT2D eigenvalue weighted by molar-refractivity contribution is 5.81. The summed E-state index contributed by atoms with van der Waals surface area (Å²) in [6.07, 6.45) is 0. The van der Waals surface area contributed by atoms with Crippen molar-refractivity contribution >= 4 is 5.91 Å². The van der Waals surface area contributed by atoms with Crippen LogP contribution in [0.25, 0.3) is 0 Å². The number of benzene rings is 1. The second-order valence-corrected chi connectivity index (χ2v) is 3.91. The van der Waals surface area contributed by atoms with Crippen molar-refractivity contribution < 1.29 is 13.6 Å². The van der Waals surface area contributed by atoms with E-state index in [9.17, 15) is 13.6 Å². The van der Waals surface area contributed by atoms with Crippen molar-refractivity contribution in [3.8, 4) is 0 Å². The Morgan fingerprint density at radius 3 is 2.47 bits per heavy atom. The number of amides is 1. The fourth-order valence-corrected chi connectivity index (χ4v) is 1.40. The molecule has 3 nitrogen and oxygen atoms in total. The lowest BCUT2D eigenvalue weighted by Crippen LogP contribution is -2.41. The van der Waals surface area contributed by atoms with Crippen molar-refractivity contribution in [1.29, 1.82) is 0 Å². The van der Waals surface area contributed by atoms with Crippen LogP contribution in [0, 0.1) is 11.6 Å². The van der Waals surface area contributed by atoms with Crippen molar-refractivity contribution in [2.24, 2.45) is 0 Å². The van der Waals surface area contributed by atoms with E-state index >= 15 is 0 Å². The lowest BCUT2D eigenvalue weighted by Gasteiger charge is -2.18. The molecule has 1 aromatic carbocycles. The van der Waals surface area contributed by atoms with E-state index in [0.717, 1.165) is 6.07 Å². The molecule has 1 rings (SSSR count). The van der Waals surface area contributed by atoms with Crippen LogP contribution in [-0.2, 0) is 4.79 Å². The summed E-state index contributed by atoms with van der Waals surface area (Å²) in [5, 5.41) is 5.42. The van der Waals surface area contributed by atoms with E-state index in [1.807, 2.05) is 0 Å². The summed E-state index contributed by atoms with van der Waals surface area (Å²) in [5.74, 6) is -1.52. The fraction of sp³-hybridized carbons (Fsp3) is 0.417. The van der Waals surface area contributed by atoms with Gasteiger partial charge in [-0.25, -0.2) is 8.78 Å². The molecule has 0 spiro atoms. The third-order valence-electron chi connectivity index (χ3n) is 2.61. The molecule has 0 heterocycles. The van der Waals surface area contributed by atoms with E-state index in [1.54, 1.807) is 20.9 Å². The minimum atomic E-state index is -0.657. The standard InChI is InChI=1S/C12H16F2N2O/c1-7(16-12(17)8(2)15-3)10-5-4-9(13)6-11(10)14/h4-8,15H,1-3H3,(H,16,17). The number of halogens is 2. The molecule has 0 aliphatic carbocycles. The third-order valence-corrected chi connectivity index (χ3v) is 2.61. The first-order valence-corrected chi connectivity index (χ1v) is 5.38. The fourth-order valence-electron chi connectivity index (χ4n) is 1.40. The SMILES string of the molecule is CNC(C)C(=O)NC(C)c1ccc(F)cc1F. The molecule has 5 heteroatoms.